The second-order valence-corrected chi connectivity index (χ2v) is 6.31. The van der Waals surface area contributed by atoms with Crippen LogP contribution in [0.5, 0.6) is 0 Å². The molecule has 0 radical (unpaired) electrons. The number of benzene rings is 2. The van der Waals surface area contributed by atoms with Crippen molar-refractivity contribution in [3.05, 3.63) is 53.6 Å². The van der Waals surface area contributed by atoms with Crippen LogP contribution in [0, 0.1) is 6.92 Å². The molecular weight excluding hydrogens is 294 g/mol. The van der Waals surface area contributed by atoms with Crippen LogP contribution in [0.3, 0.4) is 0 Å². The molecular formula is C17H17N3OS. The zero-order valence-corrected chi connectivity index (χ0v) is 13.1. The first-order valence-corrected chi connectivity index (χ1v) is 7.93. The quantitative estimate of drug-likeness (QED) is 0.721. The van der Waals surface area contributed by atoms with E-state index in [0.29, 0.717) is 18.0 Å². The van der Waals surface area contributed by atoms with Crippen molar-refractivity contribution in [1.29, 1.82) is 0 Å². The smallest absolute Gasteiger partial charge is 0.226 e. The summed E-state index contributed by atoms with van der Waals surface area (Å²) < 4.78 is 1.09. The molecule has 0 aliphatic carbocycles. The Morgan fingerprint density at radius 2 is 2.14 bits per heavy atom. The second kappa shape index (κ2) is 6.15. The fourth-order valence-electron chi connectivity index (χ4n) is 2.27. The van der Waals surface area contributed by atoms with E-state index >= 15 is 0 Å². The van der Waals surface area contributed by atoms with Crippen molar-refractivity contribution in [3.63, 3.8) is 0 Å². The molecule has 2 aromatic carbocycles. The number of carbonyl (C=O) groups is 1. The number of hydrogen-bond donors (Lipinski definition) is 2. The number of thiazole rings is 1. The second-order valence-electron chi connectivity index (χ2n) is 5.28. The van der Waals surface area contributed by atoms with E-state index in [1.54, 1.807) is 0 Å². The Bertz CT molecular complexity index is 826. The van der Waals surface area contributed by atoms with Crippen LogP contribution >= 0.6 is 11.3 Å². The van der Waals surface area contributed by atoms with Crippen molar-refractivity contribution >= 4 is 38.3 Å². The Kier molecular flexibility index (Phi) is 4.06. The third-order valence-electron chi connectivity index (χ3n) is 3.38. The number of anilines is 2. The third-order valence-corrected chi connectivity index (χ3v) is 4.32. The van der Waals surface area contributed by atoms with E-state index in [2.05, 4.69) is 16.4 Å². The number of rotatable bonds is 4. The normalized spacial score (nSPS) is 10.8. The van der Waals surface area contributed by atoms with Gasteiger partial charge in [0.15, 0.2) is 5.13 Å². The largest absolute Gasteiger partial charge is 0.399 e. The molecule has 4 nitrogen and oxygen atoms in total. The van der Waals surface area contributed by atoms with Gasteiger partial charge in [-0.25, -0.2) is 4.98 Å². The van der Waals surface area contributed by atoms with E-state index in [0.717, 1.165) is 21.5 Å². The fraction of sp³-hybridized carbons (Fsp3) is 0.176. The Labute approximate surface area is 133 Å². The van der Waals surface area contributed by atoms with Crippen molar-refractivity contribution < 1.29 is 4.79 Å². The molecule has 3 aromatic rings. The molecule has 22 heavy (non-hydrogen) atoms. The van der Waals surface area contributed by atoms with Crippen LogP contribution in [0.15, 0.2) is 42.5 Å². The summed E-state index contributed by atoms with van der Waals surface area (Å²) in [6.45, 7) is 2.04. The maximum absolute atomic E-state index is 12.0. The summed E-state index contributed by atoms with van der Waals surface area (Å²) in [5, 5.41) is 3.52. The van der Waals surface area contributed by atoms with E-state index in [1.807, 2.05) is 43.3 Å². The standard InChI is InChI=1S/C17H17N3OS/c1-11-5-7-14-15(9-11)22-17(19-14)20-16(21)8-6-12-3-2-4-13(18)10-12/h2-5,7,9-10H,6,8,18H2,1H3,(H,19,20,21). The third kappa shape index (κ3) is 3.43. The van der Waals surface area contributed by atoms with Crippen molar-refractivity contribution in [2.24, 2.45) is 0 Å². The van der Waals surface area contributed by atoms with Gasteiger partial charge in [0, 0.05) is 12.1 Å². The highest BCUT2D eigenvalue weighted by atomic mass is 32.1. The van der Waals surface area contributed by atoms with Crippen LogP contribution < -0.4 is 11.1 Å². The first-order valence-electron chi connectivity index (χ1n) is 7.11. The van der Waals surface area contributed by atoms with Crippen LogP contribution in [-0.4, -0.2) is 10.9 Å². The first-order chi connectivity index (χ1) is 10.6. The SMILES string of the molecule is Cc1ccc2nc(NC(=O)CCc3cccc(N)c3)sc2c1. The molecule has 3 rings (SSSR count). The molecule has 0 saturated heterocycles. The molecule has 1 aromatic heterocycles. The Morgan fingerprint density at radius 3 is 2.95 bits per heavy atom. The van der Waals surface area contributed by atoms with Gasteiger partial charge < -0.3 is 11.1 Å². The van der Waals surface area contributed by atoms with Crippen LogP contribution in [-0.2, 0) is 11.2 Å². The maximum atomic E-state index is 12.0. The van der Waals surface area contributed by atoms with Gasteiger partial charge in [0.25, 0.3) is 0 Å². The monoisotopic (exact) mass is 311 g/mol. The predicted octanol–water partition coefficient (Wildman–Crippen LogP) is 3.76. The van der Waals surface area contributed by atoms with E-state index < -0.39 is 0 Å². The number of nitrogens with zero attached hydrogens (tertiary/aromatic N) is 1. The van der Waals surface area contributed by atoms with Gasteiger partial charge in [-0.2, -0.15) is 0 Å². The topological polar surface area (TPSA) is 68.0 Å². The summed E-state index contributed by atoms with van der Waals surface area (Å²) in [5.41, 5.74) is 9.63. The van der Waals surface area contributed by atoms with Gasteiger partial charge in [-0.1, -0.05) is 29.5 Å². The van der Waals surface area contributed by atoms with Crippen LogP contribution in [0.1, 0.15) is 17.5 Å². The minimum absolute atomic E-state index is 0.0294. The van der Waals surface area contributed by atoms with Crippen LogP contribution in [0.25, 0.3) is 10.2 Å². The minimum Gasteiger partial charge on any atom is -0.399 e. The lowest BCUT2D eigenvalue weighted by Crippen LogP contribution is -2.12. The zero-order valence-electron chi connectivity index (χ0n) is 12.3. The van der Waals surface area contributed by atoms with Gasteiger partial charge in [-0.3, -0.25) is 4.79 Å². The van der Waals surface area contributed by atoms with E-state index in [9.17, 15) is 4.79 Å². The number of carbonyl (C=O) groups excluding carboxylic acids is 1. The molecule has 0 aliphatic rings. The number of nitrogens with one attached hydrogen (secondary N) is 1. The van der Waals surface area contributed by atoms with Crippen LogP contribution in [0.2, 0.25) is 0 Å². The molecule has 0 saturated carbocycles. The number of fused-ring (bicyclic) bond motifs is 1. The molecule has 112 valence electrons. The lowest BCUT2D eigenvalue weighted by atomic mass is 10.1. The molecule has 0 bridgehead atoms. The van der Waals surface area contributed by atoms with E-state index in [1.165, 1.54) is 16.9 Å². The summed E-state index contributed by atoms with van der Waals surface area (Å²) in [6.07, 6.45) is 1.08. The summed E-state index contributed by atoms with van der Waals surface area (Å²) >= 11 is 1.50. The average molecular weight is 311 g/mol. The number of aromatic nitrogens is 1. The van der Waals surface area contributed by atoms with Gasteiger partial charge >= 0.3 is 0 Å². The average Bonchev–Trinajstić information content (AvgIpc) is 2.86. The lowest BCUT2D eigenvalue weighted by molar-refractivity contribution is -0.116. The fourth-order valence-corrected chi connectivity index (χ4v) is 3.25. The molecule has 0 spiro atoms. The van der Waals surface area contributed by atoms with Gasteiger partial charge in [0.1, 0.15) is 0 Å². The molecule has 0 fully saturated rings. The highest BCUT2D eigenvalue weighted by Crippen LogP contribution is 2.26. The molecule has 5 heteroatoms. The lowest BCUT2D eigenvalue weighted by Gasteiger charge is -2.03. The number of nitrogens with two attached hydrogens (primary N) is 1. The molecule has 0 atom stereocenters. The molecule has 1 amide bonds. The number of nitrogen functional groups attached to an aromatic ring is 1. The summed E-state index contributed by atoms with van der Waals surface area (Å²) in [6, 6.07) is 13.7. The first kappa shape index (κ1) is 14.5. The Balaban J connectivity index is 1.63. The summed E-state index contributed by atoms with van der Waals surface area (Å²) in [7, 11) is 0. The zero-order chi connectivity index (χ0) is 15.5. The minimum atomic E-state index is -0.0294. The summed E-state index contributed by atoms with van der Waals surface area (Å²) in [5.74, 6) is -0.0294. The number of amides is 1. The highest BCUT2D eigenvalue weighted by molar-refractivity contribution is 7.22. The van der Waals surface area contributed by atoms with Gasteiger partial charge in [-0.05, 0) is 48.7 Å². The van der Waals surface area contributed by atoms with Crippen molar-refractivity contribution in [2.45, 2.75) is 19.8 Å². The number of aryl methyl sites for hydroxylation is 2. The molecule has 0 aliphatic heterocycles. The van der Waals surface area contributed by atoms with Crippen molar-refractivity contribution in [3.8, 4) is 0 Å². The Hall–Kier alpha value is -2.40. The maximum Gasteiger partial charge on any atom is 0.226 e. The predicted molar refractivity (Wildman–Crippen MR) is 92.2 cm³/mol. The Morgan fingerprint density at radius 1 is 1.27 bits per heavy atom. The van der Waals surface area contributed by atoms with Gasteiger partial charge in [0.2, 0.25) is 5.91 Å². The van der Waals surface area contributed by atoms with E-state index in [4.69, 9.17) is 5.73 Å². The van der Waals surface area contributed by atoms with Gasteiger partial charge in [-0.15, -0.1) is 0 Å². The number of hydrogen-bond acceptors (Lipinski definition) is 4. The molecule has 0 unspecified atom stereocenters. The van der Waals surface area contributed by atoms with E-state index in [-0.39, 0.29) is 5.91 Å². The summed E-state index contributed by atoms with van der Waals surface area (Å²) in [4.78, 5) is 16.5. The van der Waals surface area contributed by atoms with Crippen molar-refractivity contribution in [2.75, 3.05) is 11.1 Å². The molecule has 3 N–H and O–H groups in total. The van der Waals surface area contributed by atoms with Crippen LogP contribution in [0.4, 0.5) is 10.8 Å². The van der Waals surface area contributed by atoms with Crippen molar-refractivity contribution in [1.82, 2.24) is 4.98 Å². The molecule has 1 heterocycles. The highest BCUT2D eigenvalue weighted by Gasteiger charge is 2.08. The van der Waals surface area contributed by atoms with Gasteiger partial charge in [0.05, 0.1) is 10.2 Å².